The Labute approximate surface area is 120 Å². The van der Waals surface area contributed by atoms with Gasteiger partial charge in [-0.15, -0.1) is 0 Å². The summed E-state index contributed by atoms with van der Waals surface area (Å²) >= 11 is 0. The highest BCUT2D eigenvalue weighted by molar-refractivity contribution is 5.80. The molecule has 0 unspecified atom stereocenters. The van der Waals surface area contributed by atoms with E-state index in [0.29, 0.717) is 5.57 Å². The molecule has 106 valence electrons. The van der Waals surface area contributed by atoms with Crippen molar-refractivity contribution in [3.63, 3.8) is 0 Å². The number of rotatable bonds is 7. The van der Waals surface area contributed by atoms with Crippen LogP contribution in [0.2, 0.25) is 0 Å². The predicted molar refractivity (Wildman–Crippen MR) is 82.4 cm³/mol. The SMILES string of the molecule is C\C(C=O)=C/C=C/C(C)=C/C=C/C=C(C)/C=C/C(=O)O. The van der Waals surface area contributed by atoms with Crippen LogP contribution in [-0.2, 0) is 9.59 Å². The molecular formula is C17H20O3. The Bertz CT molecular complexity index is 512. The van der Waals surface area contributed by atoms with E-state index in [4.69, 9.17) is 5.11 Å². The molecule has 0 saturated carbocycles. The first-order valence-electron chi connectivity index (χ1n) is 6.18. The van der Waals surface area contributed by atoms with Gasteiger partial charge in [-0.2, -0.15) is 0 Å². The highest BCUT2D eigenvalue weighted by Crippen LogP contribution is 1.99. The van der Waals surface area contributed by atoms with Gasteiger partial charge in [-0.1, -0.05) is 59.8 Å². The van der Waals surface area contributed by atoms with Crippen molar-refractivity contribution in [2.75, 3.05) is 0 Å². The largest absolute Gasteiger partial charge is 0.478 e. The van der Waals surface area contributed by atoms with E-state index in [1.54, 1.807) is 13.0 Å². The molecule has 0 rings (SSSR count). The Kier molecular flexibility index (Phi) is 9.23. The fourth-order valence-corrected chi connectivity index (χ4v) is 1.12. The third kappa shape index (κ3) is 10.7. The second-order valence-electron chi connectivity index (χ2n) is 4.27. The first-order chi connectivity index (χ1) is 9.45. The first kappa shape index (κ1) is 17.6. The number of carbonyl (C=O) groups is 2. The van der Waals surface area contributed by atoms with Gasteiger partial charge in [0.15, 0.2) is 0 Å². The first-order valence-corrected chi connectivity index (χ1v) is 6.18. The molecule has 0 aliphatic heterocycles. The third-order valence-electron chi connectivity index (χ3n) is 2.22. The normalized spacial score (nSPS) is 14.7. The Morgan fingerprint density at radius 1 is 0.750 bits per heavy atom. The summed E-state index contributed by atoms with van der Waals surface area (Å²) in [5.74, 6) is -0.957. The van der Waals surface area contributed by atoms with Gasteiger partial charge in [-0.3, -0.25) is 4.79 Å². The van der Waals surface area contributed by atoms with E-state index < -0.39 is 5.97 Å². The summed E-state index contributed by atoms with van der Waals surface area (Å²) in [6, 6.07) is 0. The van der Waals surface area contributed by atoms with Gasteiger partial charge in [0, 0.05) is 6.08 Å². The van der Waals surface area contributed by atoms with Crippen LogP contribution < -0.4 is 0 Å². The van der Waals surface area contributed by atoms with Crippen LogP contribution in [0.5, 0.6) is 0 Å². The van der Waals surface area contributed by atoms with E-state index in [-0.39, 0.29) is 0 Å². The smallest absolute Gasteiger partial charge is 0.328 e. The molecular weight excluding hydrogens is 252 g/mol. The van der Waals surface area contributed by atoms with Crippen LogP contribution in [0.15, 0.2) is 71.4 Å². The summed E-state index contributed by atoms with van der Waals surface area (Å²) in [6.07, 6.45) is 16.4. The molecule has 0 aromatic heterocycles. The lowest BCUT2D eigenvalue weighted by atomic mass is 10.2. The predicted octanol–water partition coefficient (Wildman–Crippen LogP) is 3.78. The number of aliphatic carboxylic acids is 1. The lowest BCUT2D eigenvalue weighted by Crippen LogP contribution is -1.85. The Morgan fingerprint density at radius 2 is 1.25 bits per heavy atom. The van der Waals surface area contributed by atoms with Gasteiger partial charge < -0.3 is 5.11 Å². The molecule has 0 saturated heterocycles. The molecule has 0 bridgehead atoms. The van der Waals surface area contributed by atoms with E-state index in [2.05, 4.69) is 0 Å². The van der Waals surface area contributed by atoms with Crippen LogP contribution in [0.4, 0.5) is 0 Å². The molecule has 3 heteroatoms. The average molecular weight is 272 g/mol. The van der Waals surface area contributed by atoms with E-state index in [1.807, 2.05) is 50.3 Å². The number of hydrogen-bond donors (Lipinski definition) is 1. The van der Waals surface area contributed by atoms with Crippen LogP contribution >= 0.6 is 0 Å². The van der Waals surface area contributed by atoms with Crippen molar-refractivity contribution in [1.82, 2.24) is 0 Å². The van der Waals surface area contributed by atoms with Gasteiger partial charge in [-0.05, 0) is 26.3 Å². The quantitative estimate of drug-likeness (QED) is 0.436. The molecule has 0 radical (unpaired) electrons. The number of allylic oxidation sites excluding steroid dienone is 11. The third-order valence-corrected chi connectivity index (χ3v) is 2.22. The fourth-order valence-electron chi connectivity index (χ4n) is 1.12. The van der Waals surface area contributed by atoms with Crippen molar-refractivity contribution < 1.29 is 14.7 Å². The molecule has 0 aromatic carbocycles. The number of carbonyl (C=O) groups excluding carboxylic acids is 1. The lowest BCUT2D eigenvalue weighted by molar-refractivity contribution is -0.131. The zero-order chi connectivity index (χ0) is 15.4. The zero-order valence-electron chi connectivity index (χ0n) is 12.0. The van der Waals surface area contributed by atoms with Gasteiger partial charge in [0.2, 0.25) is 0 Å². The molecule has 0 atom stereocenters. The van der Waals surface area contributed by atoms with Crippen LogP contribution in [0, 0.1) is 0 Å². The van der Waals surface area contributed by atoms with Gasteiger partial charge in [-0.25, -0.2) is 4.79 Å². The molecule has 20 heavy (non-hydrogen) atoms. The summed E-state index contributed by atoms with van der Waals surface area (Å²) in [4.78, 5) is 20.7. The van der Waals surface area contributed by atoms with E-state index in [0.717, 1.165) is 23.5 Å². The molecule has 0 amide bonds. The molecule has 0 spiro atoms. The van der Waals surface area contributed by atoms with Gasteiger partial charge in [0.25, 0.3) is 0 Å². The highest BCUT2D eigenvalue weighted by Gasteiger charge is 1.85. The number of hydrogen-bond acceptors (Lipinski definition) is 2. The number of carboxylic acid groups (broad SMARTS) is 1. The van der Waals surface area contributed by atoms with E-state index in [9.17, 15) is 9.59 Å². The monoisotopic (exact) mass is 272 g/mol. The molecule has 0 heterocycles. The average Bonchev–Trinajstić information content (AvgIpc) is 2.41. The van der Waals surface area contributed by atoms with Crippen molar-refractivity contribution in [1.29, 1.82) is 0 Å². The van der Waals surface area contributed by atoms with Crippen LogP contribution in [0.3, 0.4) is 0 Å². The van der Waals surface area contributed by atoms with Crippen molar-refractivity contribution in [2.45, 2.75) is 20.8 Å². The highest BCUT2D eigenvalue weighted by atomic mass is 16.4. The second-order valence-corrected chi connectivity index (χ2v) is 4.27. The molecule has 3 nitrogen and oxygen atoms in total. The summed E-state index contributed by atoms with van der Waals surface area (Å²) in [6.45, 7) is 5.52. The Balaban J connectivity index is 4.47. The summed E-state index contributed by atoms with van der Waals surface area (Å²) in [7, 11) is 0. The molecule has 0 aliphatic carbocycles. The molecule has 0 aromatic rings. The minimum Gasteiger partial charge on any atom is -0.478 e. The van der Waals surface area contributed by atoms with Crippen molar-refractivity contribution in [2.24, 2.45) is 0 Å². The summed E-state index contributed by atoms with van der Waals surface area (Å²) < 4.78 is 0. The standard InChI is InChI=1S/C17H20O3/c1-14(9-6-10-16(3)13-18)7-4-5-8-15(2)11-12-17(19)20/h4-13H,1-3H3,(H,19,20)/b5-4+,9-6+,12-11+,14-7+,15-8+,16-10+. The van der Waals surface area contributed by atoms with Crippen LogP contribution in [0.25, 0.3) is 0 Å². The second kappa shape index (κ2) is 10.5. The maximum absolute atomic E-state index is 10.4. The van der Waals surface area contributed by atoms with Crippen LogP contribution in [-0.4, -0.2) is 17.4 Å². The van der Waals surface area contributed by atoms with Crippen molar-refractivity contribution in [3.8, 4) is 0 Å². The van der Waals surface area contributed by atoms with E-state index in [1.165, 1.54) is 6.08 Å². The van der Waals surface area contributed by atoms with Crippen LogP contribution in [0.1, 0.15) is 20.8 Å². The van der Waals surface area contributed by atoms with Gasteiger partial charge >= 0.3 is 5.97 Å². The van der Waals surface area contributed by atoms with Gasteiger partial charge in [0.05, 0.1) is 0 Å². The summed E-state index contributed by atoms with van der Waals surface area (Å²) in [5.41, 5.74) is 2.58. The molecule has 1 N–H and O–H groups in total. The van der Waals surface area contributed by atoms with Crippen molar-refractivity contribution in [3.05, 3.63) is 71.4 Å². The Morgan fingerprint density at radius 3 is 1.75 bits per heavy atom. The maximum Gasteiger partial charge on any atom is 0.328 e. The summed E-state index contributed by atoms with van der Waals surface area (Å²) in [5, 5.41) is 8.47. The van der Waals surface area contributed by atoms with Gasteiger partial charge in [0.1, 0.15) is 6.29 Å². The topological polar surface area (TPSA) is 54.4 Å². The lowest BCUT2D eigenvalue weighted by Gasteiger charge is -1.88. The minimum atomic E-state index is -0.957. The fraction of sp³-hybridized carbons (Fsp3) is 0.176. The minimum absolute atomic E-state index is 0.674. The molecule has 0 fully saturated rings. The molecule has 0 aliphatic rings. The number of carboxylic acids is 1. The number of aldehydes is 1. The van der Waals surface area contributed by atoms with Crippen molar-refractivity contribution >= 4 is 12.3 Å². The zero-order valence-corrected chi connectivity index (χ0v) is 12.0. The maximum atomic E-state index is 10.4. The van der Waals surface area contributed by atoms with E-state index >= 15 is 0 Å². The Hall–Kier alpha value is -2.42.